The van der Waals surface area contributed by atoms with Crippen LogP contribution in [0.4, 0.5) is 0 Å². The zero-order valence-corrected chi connectivity index (χ0v) is 12.0. The number of rotatable bonds is 3. The largest absolute Gasteiger partial charge is 0.496 e. The lowest BCUT2D eigenvalue weighted by molar-refractivity contribution is 0.00663. The second kappa shape index (κ2) is 5.42. The molecule has 0 saturated carbocycles. The van der Waals surface area contributed by atoms with E-state index in [1.807, 2.05) is 32.9 Å². The molecule has 0 unspecified atom stereocenters. The van der Waals surface area contributed by atoms with Crippen LogP contribution in [0.2, 0.25) is 0 Å². The van der Waals surface area contributed by atoms with E-state index in [4.69, 9.17) is 9.47 Å². The molecule has 1 aromatic rings. The van der Waals surface area contributed by atoms with Crippen LogP contribution in [-0.4, -0.2) is 18.7 Å². The number of ether oxygens (including phenoxy) is 2. The number of carbonyl (C=O) groups is 1. The van der Waals surface area contributed by atoms with E-state index >= 15 is 0 Å². The van der Waals surface area contributed by atoms with Crippen molar-refractivity contribution in [1.82, 2.24) is 0 Å². The van der Waals surface area contributed by atoms with E-state index in [0.717, 1.165) is 5.56 Å². The fraction of sp³-hybridized carbons (Fsp3) is 0.533. The van der Waals surface area contributed by atoms with Gasteiger partial charge in [-0.15, -0.1) is 0 Å². The molecule has 0 amide bonds. The molecule has 0 fully saturated rings. The van der Waals surface area contributed by atoms with E-state index in [9.17, 15) is 4.79 Å². The predicted molar refractivity (Wildman–Crippen MR) is 72.3 cm³/mol. The Labute approximate surface area is 109 Å². The summed E-state index contributed by atoms with van der Waals surface area (Å²) in [6.45, 7) is 9.68. The molecule has 0 spiro atoms. The summed E-state index contributed by atoms with van der Waals surface area (Å²) < 4.78 is 10.8. The van der Waals surface area contributed by atoms with Gasteiger partial charge in [0.05, 0.1) is 7.11 Å². The Balaban J connectivity index is 3.16. The van der Waals surface area contributed by atoms with Gasteiger partial charge in [0.1, 0.15) is 16.9 Å². The zero-order chi connectivity index (χ0) is 13.9. The van der Waals surface area contributed by atoms with Crippen molar-refractivity contribution in [1.29, 1.82) is 0 Å². The molecule has 0 saturated heterocycles. The maximum absolute atomic E-state index is 12.1. The van der Waals surface area contributed by atoms with Gasteiger partial charge < -0.3 is 9.47 Å². The van der Waals surface area contributed by atoms with Crippen LogP contribution in [0.5, 0.6) is 5.75 Å². The lowest BCUT2D eigenvalue weighted by Gasteiger charge is -2.21. The van der Waals surface area contributed by atoms with Gasteiger partial charge in [-0.25, -0.2) is 4.79 Å². The minimum absolute atomic E-state index is 0.294. The zero-order valence-electron chi connectivity index (χ0n) is 12.0. The normalized spacial score (nSPS) is 11.5. The van der Waals surface area contributed by atoms with E-state index in [1.165, 1.54) is 0 Å². The molecule has 0 aromatic heterocycles. The van der Waals surface area contributed by atoms with E-state index in [0.29, 0.717) is 17.2 Å². The van der Waals surface area contributed by atoms with Crippen molar-refractivity contribution in [3.8, 4) is 5.75 Å². The highest BCUT2D eigenvalue weighted by molar-refractivity contribution is 5.93. The molecule has 0 aliphatic rings. The fourth-order valence-corrected chi connectivity index (χ4v) is 1.73. The number of esters is 1. The number of benzene rings is 1. The number of carbonyl (C=O) groups excluding carboxylic acids is 1. The van der Waals surface area contributed by atoms with Gasteiger partial charge in [-0.05, 0) is 38.3 Å². The van der Waals surface area contributed by atoms with Crippen LogP contribution < -0.4 is 4.74 Å². The van der Waals surface area contributed by atoms with E-state index < -0.39 is 5.60 Å². The van der Waals surface area contributed by atoms with Gasteiger partial charge in [-0.1, -0.05) is 26.0 Å². The Morgan fingerprint density at radius 1 is 1.22 bits per heavy atom. The summed E-state index contributed by atoms with van der Waals surface area (Å²) in [5, 5.41) is 0. The molecule has 0 heterocycles. The Kier molecular flexibility index (Phi) is 4.38. The fourth-order valence-electron chi connectivity index (χ4n) is 1.73. The van der Waals surface area contributed by atoms with Crippen molar-refractivity contribution >= 4 is 5.97 Å². The van der Waals surface area contributed by atoms with Crippen molar-refractivity contribution in [2.75, 3.05) is 7.11 Å². The highest BCUT2D eigenvalue weighted by atomic mass is 16.6. The van der Waals surface area contributed by atoms with Crippen LogP contribution >= 0.6 is 0 Å². The Morgan fingerprint density at radius 3 is 2.28 bits per heavy atom. The molecule has 0 atom stereocenters. The lowest BCUT2D eigenvalue weighted by Crippen LogP contribution is -2.24. The third-order valence-corrected chi connectivity index (χ3v) is 2.49. The number of para-hydroxylation sites is 1. The number of hydrogen-bond donors (Lipinski definition) is 0. The summed E-state index contributed by atoms with van der Waals surface area (Å²) in [7, 11) is 1.58. The Morgan fingerprint density at radius 2 is 1.83 bits per heavy atom. The third kappa shape index (κ3) is 3.49. The van der Waals surface area contributed by atoms with E-state index in [-0.39, 0.29) is 5.97 Å². The van der Waals surface area contributed by atoms with Gasteiger partial charge in [0.15, 0.2) is 0 Å². The standard InChI is InChI=1S/C15H22O3/c1-10(2)11-8-7-9-12(13(11)17-6)14(16)18-15(3,4)5/h7-10H,1-6H3. The molecule has 0 aliphatic heterocycles. The van der Waals surface area contributed by atoms with E-state index in [2.05, 4.69) is 13.8 Å². The van der Waals surface area contributed by atoms with Gasteiger partial charge >= 0.3 is 5.97 Å². The second-order valence-corrected chi connectivity index (χ2v) is 5.58. The SMILES string of the molecule is COc1c(C(=O)OC(C)(C)C)cccc1C(C)C. The lowest BCUT2D eigenvalue weighted by atomic mass is 9.99. The number of hydrogen-bond acceptors (Lipinski definition) is 3. The summed E-state index contributed by atoms with van der Waals surface area (Å²) in [6.07, 6.45) is 0. The first kappa shape index (κ1) is 14.6. The van der Waals surface area contributed by atoms with Crippen LogP contribution in [0.3, 0.4) is 0 Å². The molecule has 100 valence electrons. The summed E-state index contributed by atoms with van der Waals surface area (Å²) >= 11 is 0. The maximum Gasteiger partial charge on any atom is 0.342 e. The van der Waals surface area contributed by atoms with Crippen molar-refractivity contribution in [3.63, 3.8) is 0 Å². The molecule has 0 N–H and O–H groups in total. The summed E-state index contributed by atoms with van der Waals surface area (Å²) in [4.78, 5) is 12.1. The maximum atomic E-state index is 12.1. The Hall–Kier alpha value is -1.51. The van der Waals surface area contributed by atoms with Crippen molar-refractivity contribution in [2.45, 2.75) is 46.1 Å². The molecule has 1 rings (SSSR count). The van der Waals surface area contributed by atoms with Crippen LogP contribution in [0, 0.1) is 0 Å². The molecule has 0 bridgehead atoms. The van der Waals surface area contributed by atoms with Crippen molar-refractivity contribution < 1.29 is 14.3 Å². The minimum atomic E-state index is -0.504. The van der Waals surface area contributed by atoms with Gasteiger partial charge in [0, 0.05) is 0 Å². The molecule has 3 nitrogen and oxygen atoms in total. The molecule has 0 aliphatic carbocycles. The molecule has 0 radical (unpaired) electrons. The number of methoxy groups -OCH3 is 1. The smallest absolute Gasteiger partial charge is 0.342 e. The molecular formula is C15H22O3. The van der Waals surface area contributed by atoms with Crippen LogP contribution in [0.25, 0.3) is 0 Å². The highest BCUT2D eigenvalue weighted by Gasteiger charge is 2.22. The summed E-state index contributed by atoms with van der Waals surface area (Å²) in [6, 6.07) is 5.56. The molecule has 3 heteroatoms. The first-order valence-electron chi connectivity index (χ1n) is 6.16. The monoisotopic (exact) mass is 250 g/mol. The second-order valence-electron chi connectivity index (χ2n) is 5.58. The first-order chi connectivity index (χ1) is 8.26. The quantitative estimate of drug-likeness (QED) is 0.766. The minimum Gasteiger partial charge on any atom is -0.496 e. The molecule has 1 aromatic carbocycles. The third-order valence-electron chi connectivity index (χ3n) is 2.49. The van der Waals surface area contributed by atoms with Gasteiger partial charge in [0.2, 0.25) is 0 Å². The van der Waals surface area contributed by atoms with Crippen LogP contribution in [0.1, 0.15) is 56.5 Å². The topological polar surface area (TPSA) is 35.5 Å². The average Bonchev–Trinajstić information content (AvgIpc) is 2.25. The highest BCUT2D eigenvalue weighted by Crippen LogP contribution is 2.31. The average molecular weight is 250 g/mol. The van der Waals surface area contributed by atoms with Crippen LogP contribution in [-0.2, 0) is 4.74 Å². The van der Waals surface area contributed by atoms with Gasteiger partial charge in [-0.3, -0.25) is 0 Å². The Bertz CT molecular complexity index is 428. The predicted octanol–water partition coefficient (Wildman–Crippen LogP) is 3.77. The van der Waals surface area contributed by atoms with Gasteiger partial charge in [-0.2, -0.15) is 0 Å². The first-order valence-corrected chi connectivity index (χ1v) is 6.16. The molecular weight excluding hydrogens is 228 g/mol. The van der Waals surface area contributed by atoms with Crippen molar-refractivity contribution in [2.24, 2.45) is 0 Å². The summed E-state index contributed by atoms with van der Waals surface area (Å²) in [5.74, 6) is 0.561. The molecule has 18 heavy (non-hydrogen) atoms. The van der Waals surface area contributed by atoms with Crippen molar-refractivity contribution in [3.05, 3.63) is 29.3 Å². The summed E-state index contributed by atoms with van der Waals surface area (Å²) in [5.41, 5.74) is 0.995. The van der Waals surface area contributed by atoms with Crippen LogP contribution in [0.15, 0.2) is 18.2 Å². The van der Waals surface area contributed by atoms with Gasteiger partial charge in [0.25, 0.3) is 0 Å². The van der Waals surface area contributed by atoms with E-state index in [1.54, 1.807) is 13.2 Å².